The van der Waals surface area contributed by atoms with Crippen LogP contribution in [0.3, 0.4) is 0 Å². The quantitative estimate of drug-likeness (QED) is 0.734. The molecule has 2 aromatic rings. The van der Waals surface area contributed by atoms with Gasteiger partial charge in [0.2, 0.25) is 0 Å². The molecule has 0 saturated carbocycles. The Morgan fingerprint density at radius 3 is 2.32 bits per heavy atom. The molecule has 0 bridgehead atoms. The SMILES string of the molecule is C[C@H](OCCCNC(=O)c1ccc(S(C)(=O)=O)cc1)c1ccccc1. The summed E-state index contributed by atoms with van der Waals surface area (Å²) in [5.41, 5.74) is 1.56. The summed E-state index contributed by atoms with van der Waals surface area (Å²) in [5.74, 6) is -0.226. The number of ether oxygens (including phenoxy) is 1. The first-order valence-electron chi connectivity index (χ1n) is 8.13. The third-order valence-corrected chi connectivity index (χ3v) is 4.92. The van der Waals surface area contributed by atoms with E-state index >= 15 is 0 Å². The van der Waals surface area contributed by atoms with E-state index in [4.69, 9.17) is 4.74 Å². The first-order chi connectivity index (χ1) is 11.9. The highest BCUT2D eigenvalue weighted by atomic mass is 32.2. The predicted octanol–water partition coefficient (Wildman–Crippen LogP) is 2.99. The average Bonchev–Trinajstić information content (AvgIpc) is 2.61. The van der Waals surface area contributed by atoms with Gasteiger partial charge in [-0.05, 0) is 43.2 Å². The molecule has 2 aromatic carbocycles. The summed E-state index contributed by atoms with van der Waals surface area (Å²) in [7, 11) is -3.25. The van der Waals surface area contributed by atoms with Gasteiger partial charge in [0.05, 0.1) is 11.0 Å². The number of rotatable bonds is 8. The molecular weight excluding hydrogens is 338 g/mol. The fraction of sp³-hybridized carbons (Fsp3) is 0.316. The van der Waals surface area contributed by atoms with Gasteiger partial charge >= 0.3 is 0 Å². The van der Waals surface area contributed by atoms with Crippen LogP contribution in [0.5, 0.6) is 0 Å². The molecule has 5 nitrogen and oxygen atoms in total. The Balaban J connectivity index is 1.72. The van der Waals surface area contributed by atoms with Crippen molar-refractivity contribution >= 4 is 15.7 Å². The fourth-order valence-electron chi connectivity index (χ4n) is 2.31. The lowest BCUT2D eigenvalue weighted by molar-refractivity contribution is 0.0635. The van der Waals surface area contributed by atoms with Gasteiger partial charge in [0, 0.05) is 25.0 Å². The summed E-state index contributed by atoms with van der Waals surface area (Å²) < 4.78 is 28.6. The van der Waals surface area contributed by atoms with E-state index in [-0.39, 0.29) is 16.9 Å². The van der Waals surface area contributed by atoms with E-state index < -0.39 is 9.84 Å². The van der Waals surface area contributed by atoms with Crippen LogP contribution in [0.2, 0.25) is 0 Å². The van der Waals surface area contributed by atoms with E-state index in [9.17, 15) is 13.2 Å². The zero-order chi connectivity index (χ0) is 18.3. The standard InChI is InChI=1S/C19H23NO4S/c1-15(16-7-4-3-5-8-16)24-14-6-13-20-19(21)17-9-11-18(12-10-17)25(2,22)23/h3-5,7-12,15H,6,13-14H2,1-2H3,(H,20,21)/t15-/m0/s1. The van der Waals surface area contributed by atoms with Crippen LogP contribution < -0.4 is 5.32 Å². The van der Waals surface area contributed by atoms with Gasteiger partial charge < -0.3 is 10.1 Å². The number of hydrogen-bond acceptors (Lipinski definition) is 4. The van der Waals surface area contributed by atoms with Crippen molar-refractivity contribution in [2.24, 2.45) is 0 Å². The normalized spacial score (nSPS) is 12.6. The van der Waals surface area contributed by atoms with E-state index in [0.29, 0.717) is 25.1 Å². The summed E-state index contributed by atoms with van der Waals surface area (Å²) >= 11 is 0. The molecule has 0 aliphatic carbocycles. The van der Waals surface area contributed by atoms with Gasteiger partial charge in [-0.3, -0.25) is 4.79 Å². The van der Waals surface area contributed by atoms with Crippen LogP contribution in [-0.4, -0.2) is 33.7 Å². The highest BCUT2D eigenvalue weighted by molar-refractivity contribution is 7.90. The smallest absolute Gasteiger partial charge is 0.251 e. The summed E-state index contributed by atoms with van der Waals surface area (Å²) in [6.45, 7) is 3.04. The topological polar surface area (TPSA) is 72.5 Å². The van der Waals surface area contributed by atoms with Crippen LogP contribution in [0.4, 0.5) is 0 Å². The highest BCUT2D eigenvalue weighted by Gasteiger charge is 2.10. The van der Waals surface area contributed by atoms with Crippen LogP contribution in [0.1, 0.15) is 35.4 Å². The van der Waals surface area contributed by atoms with Gasteiger partial charge in [0.15, 0.2) is 9.84 Å². The second-order valence-electron chi connectivity index (χ2n) is 5.83. The molecule has 0 aliphatic rings. The van der Waals surface area contributed by atoms with Gasteiger partial charge in [-0.25, -0.2) is 8.42 Å². The van der Waals surface area contributed by atoms with E-state index in [0.717, 1.165) is 11.8 Å². The number of carbonyl (C=O) groups excluding carboxylic acids is 1. The maximum atomic E-state index is 12.0. The number of benzene rings is 2. The first kappa shape index (κ1) is 19.1. The molecule has 0 unspecified atom stereocenters. The lowest BCUT2D eigenvalue weighted by atomic mass is 10.1. The van der Waals surface area contributed by atoms with Crippen molar-refractivity contribution in [3.63, 3.8) is 0 Å². The van der Waals surface area contributed by atoms with Gasteiger partial charge in [-0.1, -0.05) is 30.3 Å². The lowest BCUT2D eigenvalue weighted by Gasteiger charge is -2.13. The second-order valence-corrected chi connectivity index (χ2v) is 7.85. The Labute approximate surface area is 148 Å². The molecule has 25 heavy (non-hydrogen) atoms. The van der Waals surface area contributed by atoms with Crippen LogP contribution in [0, 0.1) is 0 Å². The zero-order valence-corrected chi connectivity index (χ0v) is 15.3. The minimum atomic E-state index is -3.25. The maximum absolute atomic E-state index is 12.0. The van der Waals surface area contributed by atoms with Crippen molar-refractivity contribution in [1.29, 1.82) is 0 Å². The van der Waals surface area contributed by atoms with E-state index in [1.165, 1.54) is 24.3 Å². The van der Waals surface area contributed by atoms with Crippen molar-refractivity contribution < 1.29 is 17.9 Å². The van der Waals surface area contributed by atoms with Crippen LogP contribution in [0.15, 0.2) is 59.5 Å². The molecule has 1 N–H and O–H groups in total. The van der Waals surface area contributed by atoms with E-state index in [2.05, 4.69) is 5.32 Å². The van der Waals surface area contributed by atoms with Crippen molar-refractivity contribution in [1.82, 2.24) is 5.32 Å². The minimum absolute atomic E-state index is 0.0143. The fourth-order valence-corrected chi connectivity index (χ4v) is 2.94. The summed E-state index contributed by atoms with van der Waals surface area (Å²) in [6.07, 6.45) is 1.85. The third-order valence-electron chi connectivity index (χ3n) is 3.79. The minimum Gasteiger partial charge on any atom is -0.374 e. The average molecular weight is 361 g/mol. The molecule has 1 atom stereocenters. The number of carbonyl (C=O) groups is 1. The molecule has 134 valence electrons. The molecule has 0 aliphatic heterocycles. The summed E-state index contributed by atoms with van der Waals surface area (Å²) in [5, 5.41) is 2.80. The third kappa shape index (κ3) is 5.99. The lowest BCUT2D eigenvalue weighted by Crippen LogP contribution is -2.25. The summed E-state index contributed by atoms with van der Waals surface area (Å²) in [6, 6.07) is 15.9. The molecule has 0 heterocycles. The van der Waals surface area contributed by atoms with Crippen LogP contribution >= 0.6 is 0 Å². The second kappa shape index (κ2) is 8.78. The number of nitrogens with one attached hydrogen (secondary N) is 1. The molecule has 0 spiro atoms. The molecule has 0 fully saturated rings. The van der Waals surface area contributed by atoms with Gasteiger partial charge in [0.1, 0.15) is 0 Å². The Hall–Kier alpha value is -2.18. The molecule has 0 radical (unpaired) electrons. The Morgan fingerprint density at radius 2 is 1.72 bits per heavy atom. The molecule has 0 saturated heterocycles. The Bertz CT molecular complexity index is 786. The molecule has 0 aromatic heterocycles. The largest absolute Gasteiger partial charge is 0.374 e. The maximum Gasteiger partial charge on any atom is 0.251 e. The van der Waals surface area contributed by atoms with Crippen molar-refractivity contribution in [3.8, 4) is 0 Å². The van der Waals surface area contributed by atoms with E-state index in [1.807, 2.05) is 37.3 Å². The van der Waals surface area contributed by atoms with Crippen molar-refractivity contribution in [3.05, 3.63) is 65.7 Å². The number of hydrogen-bond donors (Lipinski definition) is 1. The van der Waals surface area contributed by atoms with Crippen molar-refractivity contribution in [2.75, 3.05) is 19.4 Å². The Morgan fingerprint density at radius 1 is 1.08 bits per heavy atom. The number of amides is 1. The number of sulfone groups is 1. The molecule has 6 heteroatoms. The molecule has 2 rings (SSSR count). The van der Waals surface area contributed by atoms with E-state index in [1.54, 1.807) is 0 Å². The van der Waals surface area contributed by atoms with Crippen LogP contribution in [0.25, 0.3) is 0 Å². The molecule has 1 amide bonds. The van der Waals surface area contributed by atoms with Crippen molar-refractivity contribution in [2.45, 2.75) is 24.3 Å². The first-order valence-corrected chi connectivity index (χ1v) is 10.0. The molecular formula is C19H23NO4S. The highest BCUT2D eigenvalue weighted by Crippen LogP contribution is 2.15. The van der Waals surface area contributed by atoms with Crippen LogP contribution in [-0.2, 0) is 14.6 Å². The van der Waals surface area contributed by atoms with Gasteiger partial charge in [-0.15, -0.1) is 0 Å². The Kier molecular flexibility index (Phi) is 6.73. The van der Waals surface area contributed by atoms with Gasteiger partial charge in [-0.2, -0.15) is 0 Å². The van der Waals surface area contributed by atoms with Gasteiger partial charge in [0.25, 0.3) is 5.91 Å². The predicted molar refractivity (Wildman–Crippen MR) is 97.3 cm³/mol. The zero-order valence-electron chi connectivity index (χ0n) is 14.4. The summed E-state index contributed by atoms with van der Waals surface area (Å²) in [4.78, 5) is 12.2. The monoisotopic (exact) mass is 361 g/mol.